The van der Waals surface area contributed by atoms with Crippen LogP contribution in [0, 0.1) is 5.92 Å². The average Bonchev–Trinajstić information content (AvgIpc) is 2.75. The molecule has 2 aromatic carbocycles. The van der Waals surface area contributed by atoms with Crippen molar-refractivity contribution >= 4 is 33.2 Å². The molecule has 0 aliphatic heterocycles. The number of hydrogen-bond donors (Lipinski definition) is 3. The second-order valence-corrected chi connectivity index (χ2v) is 10.7. The Morgan fingerprint density at radius 1 is 1.19 bits per heavy atom. The molecule has 1 saturated carbocycles. The second-order valence-electron chi connectivity index (χ2n) is 8.22. The highest BCUT2D eigenvalue weighted by Crippen LogP contribution is 2.39. The van der Waals surface area contributed by atoms with Crippen molar-refractivity contribution < 1.29 is 27.0 Å². The van der Waals surface area contributed by atoms with Gasteiger partial charge in [-0.2, -0.15) is 9.78 Å². The fourth-order valence-corrected chi connectivity index (χ4v) is 5.59. The predicted molar refractivity (Wildman–Crippen MR) is 126 cm³/mol. The van der Waals surface area contributed by atoms with Gasteiger partial charge in [0.15, 0.2) is 11.4 Å². The minimum atomic E-state index is -4.05. The van der Waals surface area contributed by atoms with Crippen molar-refractivity contribution in [3.8, 4) is 22.9 Å². The third-order valence-corrected chi connectivity index (χ3v) is 7.53. The number of sulfonamides is 1. The number of halogens is 4. The van der Waals surface area contributed by atoms with Crippen LogP contribution < -0.4 is 20.7 Å². The highest BCUT2D eigenvalue weighted by molar-refractivity contribution is 7.89. The van der Waals surface area contributed by atoms with E-state index in [4.69, 9.17) is 27.9 Å². The summed E-state index contributed by atoms with van der Waals surface area (Å²) in [6, 6.07) is 5.51. The van der Waals surface area contributed by atoms with Crippen LogP contribution in [0.1, 0.15) is 31.9 Å². The van der Waals surface area contributed by atoms with Crippen molar-refractivity contribution in [2.24, 2.45) is 5.92 Å². The molecular weight excluding hydrogens is 545 g/mol. The van der Waals surface area contributed by atoms with Crippen LogP contribution in [0.15, 0.2) is 44.8 Å². The summed E-state index contributed by atoms with van der Waals surface area (Å²) in [5.74, 6) is -0.278. The molecule has 1 fully saturated rings. The Hall–Kier alpha value is -3.00. The van der Waals surface area contributed by atoms with E-state index in [2.05, 4.69) is 9.82 Å². The van der Waals surface area contributed by atoms with Crippen LogP contribution in [0.4, 0.5) is 8.78 Å². The van der Waals surface area contributed by atoms with Crippen LogP contribution in [0.5, 0.6) is 17.2 Å². The largest absolute Gasteiger partial charge is 0.507 e. The minimum absolute atomic E-state index is 0.0361. The van der Waals surface area contributed by atoms with Crippen LogP contribution in [-0.4, -0.2) is 34.3 Å². The topological polar surface area (TPSA) is 143 Å². The molecule has 1 aliphatic rings. The molecule has 0 bridgehead atoms. The van der Waals surface area contributed by atoms with E-state index < -0.39 is 44.0 Å². The van der Waals surface area contributed by atoms with Gasteiger partial charge < -0.3 is 9.84 Å². The van der Waals surface area contributed by atoms with Gasteiger partial charge in [-0.1, -0.05) is 30.1 Å². The molecule has 0 saturated heterocycles. The molecule has 10 nitrogen and oxygen atoms in total. The molecule has 1 heterocycles. The molecule has 0 atom stereocenters. The van der Waals surface area contributed by atoms with E-state index in [1.54, 1.807) is 4.98 Å². The normalized spacial score (nSPS) is 17.7. The summed E-state index contributed by atoms with van der Waals surface area (Å²) in [4.78, 5) is 24.9. The molecule has 15 heteroatoms. The quantitative estimate of drug-likeness (QED) is 0.398. The molecule has 1 aliphatic carbocycles. The number of rotatable bonds is 7. The smallest absolute Gasteiger partial charge is 0.349 e. The number of aromatic hydroxyl groups is 1. The van der Waals surface area contributed by atoms with Gasteiger partial charge in [-0.05, 0) is 43.0 Å². The Bertz CT molecular complexity index is 1530. The van der Waals surface area contributed by atoms with Gasteiger partial charge in [0.25, 0.3) is 12.0 Å². The maximum Gasteiger partial charge on any atom is 0.349 e. The zero-order valence-electron chi connectivity index (χ0n) is 18.3. The lowest BCUT2D eigenvalue weighted by atomic mass is 9.83. The van der Waals surface area contributed by atoms with Crippen molar-refractivity contribution in [2.75, 3.05) is 0 Å². The maximum absolute atomic E-state index is 13.0. The predicted octanol–water partition coefficient (Wildman–Crippen LogP) is 3.74. The number of hydrogen-bond acceptors (Lipinski definition) is 7. The monoisotopic (exact) mass is 562 g/mol. The maximum atomic E-state index is 13.0. The molecule has 3 N–H and O–H groups in total. The zero-order chi connectivity index (χ0) is 26.4. The Morgan fingerprint density at radius 2 is 1.83 bits per heavy atom. The van der Waals surface area contributed by atoms with E-state index in [1.165, 1.54) is 6.07 Å². The van der Waals surface area contributed by atoms with Crippen LogP contribution in [0.3, 0.4) is 0 Å². The first-order valence-electron chi connectivity index (χ1n) is 10.4. The Labute approximate surface area is 212 Å². The first-order valence-corrected chi connectivity index (χ1v) is 12.6. The molecule has 192 valence electrons. The number of H-pyrrole nitrogens is 1. The number of alkyl halides is 2. The number of benzene rings is 2. The second kappa shape index (κ2) is 9.81. The Balaban J connectivity index is 1.66. The van der Waals surface area contributed by atoms with Crippen molar-refractivity contribution in [1.29, 1.82) is 0 Å². The summed E-state index contributed by atoms with van der Waals surface area (Å²) in [6.07, 6.45) is -1.88. The highest BCUT2D eigenvalue weighted by atomic mass is 35.5. The van der Waals surface area contributed by atoms with Crippen LogP contribution >= 0.6 is 23.2 Å². The summed E-state index contributed by atoms with van der Waals surface area (Å²) >= 11 is 12.5. The molecular formula is C21H18Cl2F2N4O6S. The van der Waals surface area contributed by atoms with Crippen molar-refractivity contribution in [3.05, 3.63) is 66.9 Å². The van der Waals surface area contributed by atoms with E-state index in [-0.39, 0.29) is 33.3 Å². The molecule has 0 unspecified atom stereocenters. The standard InChI is InChI=1S/C21H18Cl2F2N4O6S/c1-9-4-10(5-9)28-36(33,34)16-8-12(2-3-15(16)30)35-18-13(22)6-11(7-14(18)23)29-21(32)26-20(31)17(27-29)19(24)25/h2-3,6-10,19,28,30H,4-5H2,1H3,(H,26,31,32). The summed E-state index contributed by atoms with van der Waals surface area (Å²) in [6.45, 7) is 2.00. The van der Waals surface area contributed by atoms with Crippen LogP contribution in [-0.2, 0) is 10.0 Å². The lowest BCUT2D eigenvalue weighted by Gasteiger charge is -2.32. The summed E-state index contributed by atoms with van der Waals surface area (Å²) in [5.41, 5.74) is -3.76. The number of phenolic OH excluding ortho intramolecular Hbond substituents is 1. The molecule has 3 aromatic rings. The van der Waals surface area contributed by atoms with E-state index in [9.17, 15) is 31.9 Å². The van der Waals surface area contributed by atoms with Crippen molar-refractivity contribution in [1.82, 2.24) is 19.5 Å². The van der Waals surface area contributed by atoms with Gasteiger partial charge in [0, 0.05) is 12.1 Å². The first-order chi connectivity index (χ1) is 16.9. The number of nitrogens with zero attached hydrogens (tertiary/aromatic N) is 2. The van der Waals surface area contributed by atoms with Gasteiger partial charge in [0.1, 0.15) is 16.4 Å². The van der Waals surface area contributed by atoms with Crippen molar-refractivity contribution in [2.45, 2.75) is 37.1 Å². The molecule has 1 aromatic heterocycles. The molecule has 4 rings (SSSR count). The number of nitrogens with one attached hydrogen (secondary N) is 2. The zero-order valence-corrected chi connectivity index (χ0v) is 20.7. The molecule has 0 amide bonds. The fraction of sp³-hybridized carbons (Fsp3) is 0.286. The molecule has 0 radical (unpaired) electrons. The number of aromatic nitrogens is 3. The Morgan fingerprint density at radius 3 is 2.42 bits per heavy atom. The number of ether oxygens (including phenoxy) is 1. The van der Waals surface area contributed by atoms with E-state index in [1.807, 2.05) is 6.92 Å². The van der Waals surface area contributed by atoms with Crippen LogP contribution in [0.25, 0.3) is 5.69 Å². The van der Waals surface area contributed by atoms with E-state index >= 15 is 0 Å². The van der Waals surface area contributed by atoms with E-state index in [0.717, 1.165) is 24.3 Å². The van der Waals surface area contributed by atoms with Gasteiger partial charge in [-0.15, -0.1) is 0 Å². The molecule has 36 heavy (non-hydrogen) atoms. The van der Waals surface area contributed by atoms with Gasteiger partial charge in [0.2, 0.25) is 10.0 Å². The first kappa shape index (κ1) is 26.1. The SMILES string of the molecule is CC1CC(NS(=O)(=O)c2cc(Oc3c(Cl)cc(-n4nc(C(F)F)c(=O)[nH]c4=O)cc3Cl)ccc2O)C1. The number of phenols is 1. The Kier molecular flexibility index (Phi) is 7.10. The van der Waals surface area contributed by atoms with E-state index in [0.29, 0.717) is 23.4 Å². The summed E-state index contributed by atoms with van der Waals surface area (Å²) in [7, 11) is -4.05. The van der Waals surface area contributed by atoms with Gasteiger partial charge in [-0.25, -0.2) is 26.7 Å². The fourth-order valence-electron chi connectivity index (χ4n) is 3.67. The minimum Gasteiger partial charge on any atom is -0.507 e. The summed E-state index contributed by atoms with van der Waals surface area (Å²) < 4.78 is 60.2. The third-order valence-electron chi connectivity index (χ3n) is 5.42. The lowest BCUT2D eigenvalue weighted by molar-refractivity contribution is 0.141. The van der Waals surface area contributed by atoms with Crippen LogP contribution in [0.2, 0.25) is 10.0 Å². The van der Waals surface area contributed by atoms with Gasteiger partial charge in [-0.3, -0.25) is 9.78 Å². The number of aromatic amines is 1. The average molecular weight is 563 g/mol. The molecule has 0 spiro atoms. The summed E-state index contributed by atoms with van der Waals surface area (Å²) in [5, 5.41) is 13.1. The lowest BCUT2D eigenvalue weighted by Crippen LogP contribution is -2.43. The third kappa shape index (κ3) is 5.24. The highest BCUT2D eigenvalue weighted by Gasteiger charge is 2.31. The van der Waals surface area contributed by atoms with Gasteiger partial charge in [0.05, 0.1) is 15.7 Å². The van der Waals surface area contributed by atoms with Gasteiger partial charge >= 0.3 is 5.69 Å². The van der Waals surface area contributed by atoms with Crippen molar-refractivity contribution in [3.63, 3.8) is 0 Å².